The Kier molecular flexibility index (Phi) is 4.44. The predicted molar refractivity (Wildman–Crippen MR) is 87.3 cm³/mol. The van der Waals surface area contributed by atoms with E-state index in [2.05, 4.69) is 20.6 Å². The molecule has 3 aromatic rings. The molecule has 2 aromatic heterocycles. The minimum atomic E-state index is -0.314. The summed E-state index contributed by atoms with van der Waals surface area (Å²) in [7, 11) is 0. The highest BCUT2D eigenvalue weighted by atomic mass is 19.1. The SMILES string of the molecule is Cc1cnn(-c2ccc([C@@H](C)N[C@H](C)c3nnc(C)o3)cc2F)c1. The highest BCUT2D eigenvalue weighted by Gasteiger charge is 2.17. The average molecular weight is 329 g/mol. The van der Waals surface area contributed by atoms with E-state index in [9.17, 15) is 4.39 Å². The van der Waals surface area contributed by atoms with Gasteiger partial charge in [0.25, 0.3) is 0 Å². The van der Waals surface area contributed by atoms with Gasteiger partial charge in [0.1, 0.15) is 11.5 Å². The van der Waals surface area contributed by atoms with Crippen LogP contribution in [0.5, 0.6) is 0 Å². The molecule has 6 nitrogen and oxygen atoms in total. The summed E-state index contributed by atoms with van der Waals surface area (Å²) in [4.78, 5) is 0. The molecule has 1 N–H and O–H groups in total. The molecule has 0 spiro atoms. The second kappa shape index (κ2) is 6.52. The number of aryl methyl sites for hydroxylation is 2. The molecule has 0 aliphatic carbocycles. The van der Waals surface area contributed by atoms with Gasteiger partial charge in [-0.1, -0.05) is 6.07 Å². The van der Waals surface area contributed by atoms with Gasteiger partial charge in [0.15, 0.2) is 0 Å². The number of rotatable bonds is 5. The van der Waals surface area contributed by atoms with Crippen LogP contribution in [0.1, 0.15) is 48.8 Å². The third kappa shape index (κ3) is 3.35. The molecule has 0 aliphatic heterocycles. The summed E-state index contributed by atoms with van der Waals surface area (Å²) >= 11 is 0. The van der Waals surface area contributed by atoms with E-state index in [-0.39, 0.29) is 17.9 Å². The summed E-state index contributed by atoms with van der Waals surface area (Å²) < 4.78 is 21.4. The molecule has 24 heavy (non-hydrogen) atoms. The summed E-state index contributed by atoms with van der Waals surface area (Å²) in [6.07, 6.45) is 3.49. The van der Waals surface area contributed by atoms with E-state index in [4.69, 9.17) is 4.42 Å². The maximum absolute atomic E-state index is 14.4. The smallest absolute Gasteiger partial charge is 0.233 e. The normalized spacial score (nSPS) is 13.9. The van der Waals surface area contributed by atoms with Crippen molar-refractivity contribution in [2.75, 3.05) is 0 Å². The molecular weight excluding hydrogens is 309 g/mol. The fourth-order valence-electron chi connectivity index (χ4n) is 2.55. The molecule has 0 unspecified atom stereocenters. The Bertz CT molecular complexity index is 841. The van der Waals surface area contributed by atoms with Gasteiger partial charge in [-0.15, -0.1) is 10.2 Å². The molecule has 7 heteroatoms. The van der Waals surface area contributed by atoms with E-state index >= 15 is 0 Å². The first-order valence-corrected chi connectivity index (χ1v) is 7.81. The van der Waals surface area contributed by atoms with Gasteiger partial charge in [0.2, 0.25) is 11.8 Å². The van der Waals surface area contributed by atoms with Crippen LogP contribution in [0.15, 0.2) is 35.0 Å². The van der Waals surface area contributed by atoms with E-state index in [1.54, 1.807) is 25.4 Å². The van der Waals surface area contributed by atoms with Crippen LogP contribution in [0.2, 0.25) is 0 Å². The molecule has 1 aromatic carbocycles. The minimum Gasteiger partial charge on any atom is -0.424 e. The van der Waals surface area contributed by atoms with Crippen LogP contribution in [0, 0.1) is 19.7 Å². The zero-order valence-electron chi connectivity index (χ0n) is 14.1. The van der Waals surface area contributed by atoms with Crippen LogP contribution in [0.3, 0.4) is 0 Å². The van der Waals surface area contributed by atoms with Crippen LogP contribution < -0.4 is 5.32 Å². The lowest BCUT2D eigenvalue weighted by atomic mass is 10.1. The Hall–Kier alpha value is -2.54. The van der Waals surface area contributed by atoms with Crippen LogP contribution >= 0.6 is 0 Å². The molecular formula is C17H20FN5O. The molecule has 0 saturated carbocycles. The lowest BCUT2D eigenvalue weighted by molar-refractivity contribution is 0.379. The minimum absolute atomic E-state index is 0.0740. The lowest BCUT2D eigenvalue weighted by Gasteiger charge is -2.18. The average Bonchev–Trinajstić information content (AvgIpc) is 3.15. The third-order valence-corrected chi connectivity index (χ3v) is 3.84. The van der Waals surface area contributed by atoms with Gasteiger partial charge in [-0.3, -0.25) is 5.32 Å². The van der Waals surface area contributed by atoms with Gasteiger partial charge in [-0.05, 0) is 44.0 Å². The fourth-order valence-corrected chi connectivity index (χ4v) is 2.55. The Morgan fingerprint density at radius 1 is 1.17 bits per heavy atom. The second-order valence-corrected chi connectivity index (χ2v) is 5.94. The highest BCUT2D eigenvalue weighted by Crippen LogP contribution is 2.22. The number of halogens is 1. The Morgan fingerprint density at radius 3 is 2.54 bits per heavy atom. The number of hydrogen-bond donors (Lipinski definition) is 1. The van der Waals surface area contributed by atoms with Crippen molar-refractivity contribution in [2.24, 2.45) is 0 Å². The van der Waals surface area contributed by atoms with Crippen molar-refractivity contribution in [1.29, 1.82) is 0 Å². The van der Waals surface area contributed by atoms with Crippen molar-refractivity contribution in [3.8, 4) is 5.69 Å². The largest absolute Gasteiger partial charge is 0.424 e. The number of nitrogens with one attached hydrogen (secondary N) is 1. The van der Waals surface area contributed by atoms with Gasteiger partial charge in [0, 0.05) is 19.2 Å². The van der Waals surface area contributed by atoms with Crippen molar-refractivity contribution in [3.63, 3.8) is 0 Å². The summed E-state index contributed by atoms with van der Waals surface area (Å²) in [5.74, 6) is 0.727. The number of nitrogens with zero attached hydrogens (tertiary/aromatic N) is 4. The zero-order valence-corrected chi connectivity index (χ0v) is 14.1. The first kappa shape index (κ1) is 16.3. The molecule has 0 amide bonds. The monoisotopic (exact) mass is 329 g/mol. The Balaban J connectivity index is 1.75. The first-order chi connectivity index (χ1) is 11.4. The van der Waals surface area contributed by atoms with Crippen LogP contribution in [0.4, 0.5) is 4.39 Å². The second-order valence-electron chi connectivity index (χ2n) is 5.94. The summed E-state index contributed by atoms with van der Waals surface area (Å²) in [6.45, 7) is 7.56. The van der Waals surface area contributed by atoms with Gasteiger partial charge in [-0.2, -0.15) is 5.10 Å². The van der Waals surface area contributed by atoms with Crippen LogP contribution in [-0.2, 0) is 0 Å². The molecule has 0 saturated heterocycles. The van der Waals surface area contributed by atoms with E-state index in [1.165, 1.54) is 10.7 Å². The number of benzene rings is 1. The molecule has 3 rings (SSSR count). The van der Waals surface area contributed by atoms with Gasteiger partial charge in [0.05, 0.1) is 12.2 Å². The molecule has 2 heterocycles. The van der Waals surface area contributed by atoms with E-state index < -0.39 is 0 Å². The van der Waals surface area contributed by atoms with Crippen molar-refractivity contribution in [3.05, 3.63) is 59.3 Å². The molecule has 0 fully saturated rings. The lowest BCUT2D eigenvalue weighted by Crippen LogP contribution is -2.23. The van der Waals surface area contributed by atoms with Gasteiger partial charge >= 0.3 is 0 Å². The summed E-state index contributed by atoms with van der Waals surface area (Å²) in [5.41, 5.74) is 2.25. The predicted octanol–water partition coefficient (Wildman–Crippen LogP) is 3.42. The van der Waals surface area contributed by atoms with Crippen molar-refractivity contribution >= 4 is 0 Å². The Labute approximate surface area is 139 Å². The first-order valence-electron chi connectivity index (χ1n) is 7.81. The van der Waals surface area contributed by atoms with Crippen molar-refractivity contribution < 1.29 is 8.81 Å². The topological polar surface area (TPSA) is 68.8 Å². The standard InChI is InChI=1S/C17H20FN5O/c1-10-8-19-23(9-10)16-6-5-14(7-15(16)18)11(2)20-12(3)17-22-21-13(4)24-17/h5-9,11-12,20H,1-4H3/t11-,12-/m1/s1. The van der Waals surface area contributed by atoms with E-state index in [0.717, 1.165) is 11.1 Å². The fraction of sp³-hybridized carbons (Fsp3) is 0.353. The van der Waals surface area contributed by atoms with Crippen molar-refractivity contribution in [2.45, 2.75) is 39.8 Å². The molecule has 0 radical (unpaired) electrons. The molecule has 2 atom stereocenters. The van der Waals surface area contributed by atoms with Gasteiger partial charge in [-0.25, -0.2) is 9.07 Å². The Morgan fingerprint density at radius 2 is 1.96 bits per heavy atom. The van der Waals surface area contributed by atoms with Crippen molar-refractivity contribution in [1.82, 2.24) is 25.3 Å². The number of aromatic nitrogens is 4. The summed E-state index contributed by atoms with van der Waals surface area (Å²) in [5, 5.41) is 15.3. The summed E-state index contributed by atoms with van der Waals surface area (Å²) in [6, 6.07) is 4.94. The molecule has 126 valence electrons. The maximum atomic E-state index is 14.4. The molecule has 0 aliphatic rings. The molecule has 0 bridgehead atoms. The number of hydrogen-bond acceptors (Lipinski definition) is 5. The third-order valence-electron chi connectivity index (χ3n) is 3.84. The maximum Gasteiger partial charge on any atom is 0.233 e. The van der Waals surface area contributed by atoms with Crippen LogP contribution in [-0.4, -0.2) is 20.0 Å². The quantitative estimate of drug-likeness (QED) is 0.777. The van der Waals surface area contributed by atoms with Gasteiger partial charge < -0.3 is 4.42 Å². The highest BCUT2D eigenvalue weighted by molar-refractivity contribution is 5.37. The van der Waals surface area contributed by atoms with Crippen LogP contribution in [0.25, 0.3) is 5.69 Å². The van der Waals surface area contributed by atoms with E-state index in [1.807, 2.05) is 26.8 Å². The van der Waals surface area contributed by atoms with E-state index in [0.29, 0.717) is 17.5 Å². The zero-order chi connectivity index (χ0) is 17.3.